The minimum atomic E-state index is -0.512. The van der Waals surface area contributed by atoms with Gasteiger partial charge in [-0.2, -0.15) is 0 Å². The van der Waals surface area contributed by atoms with E-state index in [2.05, 4.69) is 10.6 Å². The molecule has 1 unspecified atom stereocenters. The highest BCUT2D eigenvalue weighted by Crippen LogP contribution is 2.32. The Morgan fingerprint density at radius 3 is 2.81 bits per heavy atom. The maximum Gasteiger partial charge on any atom is 0.254 e. The molecule has 112 valence electrons. The molecule has 1 saturated heterocycles. The summed E-state index contributed by atoms with van der Waals surface area (Å²) in [6.45, 7) is 1.30. The molecule has 2 heterocycles. The molecule has 0 aromatic carbocycles. The molecule has 3 amide bonds. The molecule has 0 radical (unpaired) electrons. The van der Waals surface area contributed by atoms with Crippen LogP contribution in [0.1, 0.15) is 25.7 Å². The van der Waals surface area contributed by atoms with Crippen molar-refractivity contribution in [1.29, 1.82) is 0 Å². The third-order valence-corrected chi connectivity index (χ3v) is 4.32. The van der Waals surface area contributed by atoms with Crippen molar-refractivity contribution < 1.29 is 14.4 Å². The number of carbonyl (C=O) groups is 3. The van der Waals surface area contributed by atoms with Crippen molar-refractivity contribution in [3.8, 4) is 0 Å². The summed E-state index contributed by atoms with van der Waals surface area (Å²) in [4.78, 5) is 37.3. The lowest BCUT2D eigenvalue weighted by atomic mass is 9.94. The van der Waals surface area contributed by atoms with E-state index >= 15 is 0 Å². The Hall–Kier alpha value is -1.95. The number of carbonyl (C=O) groups excluding carboxylic acids is 3. The van der Waals surface area contributed by atoms with Crippen LogP contribution in [0.15, 0.2) is 22.8 Å². The Kier molecular flexibility index (Phi) is 3.63. The number of nitrogens with one attached hydrogen (secondary N) is 2. The van der Waals surface area contributed by atoms with E-state index in [-0.39, 0.29) is 17.7 Å². The van der Waals surface area contributed by atoms with E-state index in [9.17, 15) is 14.4 Å². The molecular weight excluding hydrogens is 270 g/mol. The highest BCUT2D eigenvalue weighted by atomic mass is 16.2. The quantitative estimate of drug-likeness (QED) is 0.710. The van der Waals surface area contributed by atoms with Gasteiger partial charge in [0.1, 0.15) is 6.04 Å². The van der Waals surface area contributed by atoms with E-state index in [0.717, 1.165) is 30.5 Å². The molecule has 1 fully saturated rings. The molecule has 6 heteroatoms. The van der Waals surface area contributed by atoms with Gasteiger partial charge < -0.3 is 10.2 Å². The van der Waals surface area contributed by atoms with Gasteiger partial charge in [-0.1, -0.05) is 5.57 Å². The monoisotopic (exact) mass is 289 g/mol. The third kappa shape index (κ3) is 2.51. The minimum Gasteiger partial charge on any atom is -0.323 e. The van der Waals surface area contributed by atoms with E-state index in [1.807, 2.05) is 13.1 Å². The Morgan fingerprint density at radius 1 is 1.29 bits per heavy atom. The smallest absolute Gasteiger partial charge is 0.254 e. The van der Waals surface area contributed by atoms with Crippen molar-refractivity contribution in [1.82, 2.24) is 15.5 Å². The maximum absolute atomic E-state index is 12.6. The van der Waals surface area contributed by atoms with Gasteiger partial charge in [0.05, 0.1) is 0 Å². The van der Waals surface area contributed by atoms with Crippen LogP contribution in [0.4, 0.5) is 0 Å². The topological polar surface area (TPSA) is 78.5 Å². The Bertz CT molecular complexity index is 577. The summed E-state index contributed by atoms with van der Waals surface area (Å²) in [5.74, 6) is -0.677. The number of piperidine rings is 1. The lowest BCUT2D eigenvalue weighted by Gasteiger charge is -2.29. The fourth-order valence-electron chi connectivity index (χ4n) is 3.23. The van der Waals surface area contributed by atoms with E-state index in [4.69, 9.17) is 0 Å². The zero-order chi connectivity index (χ0) is 15.0. The van der Waals surface area contributed by atoms with Crippen LogP contribution in [0.3, 0.4) is 0 Å². The first-order valence-corrected chi connectivity index (χ1v) is 7.31. The molecule has 2 N–H and O–H groups in total. The highest BCUT2D eigenvalue weighted by molar-refractivity contribution is 6.06. The normalized spacial score (nSPS) is 26.0. The van der Waals surface area contributed by atoms with Crippen molar-refractivity contribution in [3.63, 3.8) is 0 Å². The number of hydrogen-bond acceptors (Lipinski definition) is 4. The largest absolute Gasteiger partial charge is 0.323 e. The molecule has 1 atom stereocenters. The van der Waals surface area contributed by atoms with Crippen LogP contribution in [0.5, 0.6) is 0 Å². The lowest BCUT2D eigenvalue weighted by Crippen LogP contribution is -2.53. The van der Waals surface area contributed by atoms with Crippen molar-refractivity contribution in [2.24, 2.45) is 0 Å². The fraction of sp³-hybridized carbons (Fsp3) is 0.533. The summed E-state index contributed by atoms with van der Waals surface area (Å²) in [6.07, 6.45) is 4.51. The molecule has 0 aromatic rings. The van der Waals surface area contributed by atoms with Crippen LogP contribution < -0.4 is 10.6 Å². The van der Waals surface area contributed by atoms with Crippen molar-refractivity contribution in [3.05, 3.63) is 22.8 Å². The van der Waals surface area contributed by atoms with Gasteiger partial charge in [-0.25, -0.2) is 0 Å². The Labute approximate surface area is 123 Å². The summed E-state index contributed by atoms with van der Waals surface area (Å²) < 4.78 is 0. The van der Waals surface area contributed by atoms with E-state index in [1.54, 1.807) is 4.90 Å². The average Bonchev–Trinajstić information content (AvgIpc) is 2.77. The van der Waals surface area contributed by atoms with Crippen molar-refractivity contribution in [2.75, 3.05) is 20.1 Å². The van der Waals surface area contributed by atoms with Crippen LogP contribution in [0.2, 0.25) is 0 Å². The van der Waals surface area contributed by atoms with Gasteiger partial charge in [0, 0.05) is 25.1 Å². The number of rotatable bonds is 3. The van der Waals surface area contributed by atoms with E-state index in [0.29, 0.717) is 19.4 Å². The van der Waals surface area contributed by atoms with Gasteiger partial charge in [0.25, 0.3) is 5.91 Å². The highest BCUT2D eigenvalue weighted by Gasteiger charge is 2.40. The molecule has 0 bridgehead atoms. The van der Waals surface area contributed by atoms with Gasteiger partial charge in [-0.05, 0) is 38.0 Å². The standard InChI is InChI=1S/C15H19N3O3/c1-16-7-9-2-3-10-8-18(15(21)11(10)6-9)12-4-5-13(19)17-14(12)20/h6,12,16H,2-5,7-8H2,1H3,(H,17,19,20). The van der Waals surface area contributed by atoms with E-state index in [1.165, 1.54) is 5.57 Å². The Balaban J connectivity index is 1.77. The maximum atomic E-state index is 12.6. The summed E-state index contributed by atoms with van der Waals surface area (Å²) in [6, 6.07) is -0.512. The molecule has 2 aliphatic heterocycles. The van der Waals surface area contributed by atoms with Crippen LogP contribution >= 0.6 is 0 Å². The fourth-order valence-corrected chi connectivity index (χ4v) is 3.23. The number of nitrogens with zero attached hydrogens (tertiary/aromatic N) is 1. The molecule has 6 nitrogen and oxygen atoms in total. The van der Waals surface area contributed by atoms with Crippen LogP contribution in [-0.2, 0) is 14.4 Å². The van der Waals surface area contributed by atoms with Gasteiger partial charge in [0.15, 0.2) is 0 Å². The molecule has 3 aliphatic rings. The van der Waals surface area contributed by atoms with E-state index < -0.39 is 6.04 Å². The number of hydrogen-bond donors (Lipinski definition) is 2. The minimum absolute atomic E-state index is 0.0761. The second-order valence-corrected chi connectivity index (χ2v) is 5.75. The summed E-state index contributed by atoms with van der Waals surface area (Å²) in [5, 5.41) is 5.42. The van der Waals surface area contributed by atoms with Crippen LogP contribution in [0, 0.1) is 0 Å². The third-order valence-electron chi connectivity index (χ3n) is 4.32. The van der Waals surface area contributed by atoms with Gasteiger partial charge >= 0.3 is 0 Å². The van der Waals surface area contributed by atoms with Crippen molar-refractivity contribution >= 4 is 17.7 Å². The predicted molar refractivity (Wildman–Crippen MR) is 76.2 cm³/mol. The first-order chi connectivity index (χ1) is 10.1. The number of likely N-dealkylation sites (N-methyl/N-ethyl adjacent to an activating group) is 1. The average molecular weight is 289 g/mol. The number of imide groups is 1. The zero-order valence-corrected chi connectivity index (χ0v) is 12.1. The lowest BCUT2D eigenvalue weighted by molar-refractivity contribution is -0.142. The summed E-state index contributed by atoms with van der Waals surface area (Å²) in [5.41, 5.74) is 3.08. The SMILES string of the molecule is CNCC1=CC2=C(CC1)CN(C1CCC(=O)NC1=O)C2=O. The van der Waals surface area contributed by atoms with Crippen LogP contribution in [-0.4, -0.2) is 48.8 Å². The van der Waals surface area contributed by atoms with Crippen LogP contribution in [0.25, 0.3) is 0 Å². The molecule has 0 spiro atoms. The predicted octanol–water partition coefficient (Wildman–Crippen LogP) is -0.130. The molecular formula is C15H19N3O3. The molecule has 3 rings (SSSR count). The Morgan fingerprint density at radius 2 is 2.10 bits per heavy atom. The summed E-state index contributed by atoms with van der Waals surface area (Å²) in [7, 11) is 1.89. The van der Waals surface area contributed by atoms with Gasteiger partial charge in [0.2, 0.25) is 11.8 Å². The van der Waals surface area contributed by atoms with Gasteiger partial charge in [-0.15, -0.1) is 0 Å². The second kappa shape index (κ2) is 5.44. The molecule has 1 aliphatic carbocycles. The second-order valence-electron chi connectivity index (χ2n) is 5.75. The summed E-state index contributed by atoms with van der Waals surface area (Å²) >= 11 is 0. The zero-order valence-electron chi connectivity index (χ0n) is 12.1. The first kappa shape index (κ1) is 14.0. The first-order valence-electron chi connectivity index (χ1n) is 7.31. The molecule has 0 aromatic heterocycles. The number of amides is 3. The van der Waals surface area contributed by atoms with Gasteiger partial charge in [-0.3, -0.25) is 19.7 Å². The van der Waals surface area contributed by atoms with Crippen molar-refractivity contribution in [2.45, 2.75) is 31.7 Å². The molecule has 0 saturated carbocycles. The molecule has 21 heavy (non-hydrogen) atoms.